The monoisotopic (exact) mass is 315 g/mol. The van der Waals surface area contributed by atoms with Crippen LogP contribution in [0.1, 0.15) is 10.4 Å². The van der Waals surface area contributed by atoms with E-state index in [1.165, 1.54) is 6.07 Å². The molecule has 22 heavy (non-hydrogen) atoms. The molecule has 1 heterocycles. The van der Waals surface area contributed by atoms with Gasteiger partial charge in [0.25, 0.3) is 0 Å². The Labute approximate surface area is 124 Å². The van der Waals surface area contributed by atoms with Crippen molar-refractivity contribution < 1.29 is 40.4 Å². The molecule has 1 saturated heterocycles. The average molecular weight is 315 g/mol. The molecule has 0 bridgehead atoms. The average Bonchev–Trinajstić information content (AvgIpc) is 2.74. The molecule has 0 spiro atoms. The zero-order chi connectivity index (χ0) is 16.4. The minimum atomic E-state index is -1.55. The quantitative estimate of drug-likeness (QED) is 0.319. The number of ether oxygens (including phenoxy) is 1. The predicted molar refractivity (Wildman–Crippen MR) is 68.2 cm³/mol. The summed E-state index contributed by atoms with van der Waals surface area (Å²) in [5.41, 5.74) is -0.546. The highest BCUT2D eigenvalue weighted by Gasteiger charge is 2.42. The first kappa shape index (κ1) is 16.4. The number of benzene rings is 1. The number of aliphatic hydroxyl groups is 3. The summed E-state index contributed by atoms with van der Waals surface area (Å²) in [7, 11) is 0. The Morgan fingerprint density at radius 1 is 1.27 bits per heavy atom. The normalized spacial score (nSPS) is 27.7. The van der Waals surface area contributed by atoms with E-state index in [2.05, 4.69) is 5.32 Å². The first-order valence-corrected chi connectivity index (χ1v) is 6.26. The third-order valence-corrected chi connectivity index (χ3v) is 3.24. The molecule has 0 aromatic heterocycles. The van der Waals surface area contributed by atoms with Crippen LogP contribution in [0.4, 0.5) is 11.4 Å². The molecule has 0 amide bonds. The van der Waals surface area contributed by atoms with Crippen LogP contribution in [0, 0.1) is 0 Å². The number of aromatic carboxylic acids is 1. The van der Waals surface area contributed by atoms with Gasteiger partial charge in [0.2, 0.25) is 0 Å². The van der Waals surface area contributed by atoms with Crippen molar-refractivity contribution in [1.29, 1.82) is 0 Å². The van der Waals surface area contributed by atoms with Crippen molar-refractivity contribution in [2.75, 3.05) is 17.2 Å². The van der Waals surface area contributed by atoms with Crippen molar-refractivity contribution in [2.45, 2.75) is 24.5 Å². The van der Waals surface area contributed by atoms with Crippen molar-refractivity contribution >= 4 is 17.3 Å². The van der Waals surface area contributed by atoms with Gasteiger partial charge in [-0.25, -0.2) is 0 Å². The first-order chi connectivity index (χ1) is 10.3. The minimum absolute atomic E-state index is 0.0691. The van der Waals surface area contributed by atoms with Gasteiger partial charge in [0.1, 0.15) is 18.3 Å². The number of aliphatic hydroxyl groups excluding tert-OH is 3. The summed E-state index contributed by atoms with van der Waals surface area (Å²) in [4.78, 5) is 10.9. The summed E-state index contributed by atoms with van der Waals surface area (Å²) in [5, 5.41) is 59.6. The number of hydrogen-bond acceptors (Lipinski definition) is 10. The van der Waals surface area contributed by atoms with Crippen molar-refractivity contribution in [3.8, 4) is 0 Å². The number of carbonyl (C=O) groups excluding carboxylic acids is 1. The van der Waals surface area contributed by atoms with E-state index in [9.17, 15) is 20.1 Å². The van der Waals surface area contributed by atoms with Crippen LogP contribution in [0.2, 0.25) is 0 Å². The number of carboxylic acid groups (broad SMARTS) is 1. The van der Waals surface area contributed by atoms with Gasteiger partial charge in [-0.1, -0.05) is 0 Å². The molecular formula is C12H15N2O8-. The lowest BCUT2D eigenvalue weighted by Crippen LogP contribution is -2.36. The second-order valence-electron chi connectivity index (χ2n) is 4.75. The Bertz CT molecular complexity index is 552. The van der Waals surface area contributed by atoms with Crippen LogP contribution in [0.25, 0.3) is 0 Å². The number of anilines is 2. The van der Waals surface area contributed by atoms with Gasteiger partial charge >= 0.3 is 0 Å². The molecule has 10 nitrogen and oxygen atoms in total. The Morgan fingerprint density at radius 3 is 2.45 bits per heavy atom. The van der Waals surface area contributed by atoms with E-state index in [-0.39, 0.29) is 22.2 Å². The Morgan fingerprint density at radius 2 is 1.95 bits per heavy atom. The zero-order valence-corrected chi connectivity index (χ0v) is 11.2. The summed E-state index contributed by atoms with van der Waals surface area (Å²) in [5.74, 6) is -1.55. The maximum absolute atomic E-state index is 10.9. The second kappa shape index (κ2) is 6.44. The van der Waals surface area contributed by atoms with Gasteiger partial charge in [-0.3, -0.25) is 10.4 Å². The topological polar surface area (TPSA) is 166 Å². The van der Waals surface area contributed by atoms with Crippen LogP contribution < -0.4 is 15.6 Å². The summed E-state index contributed by atoms with van der Waals surface area (Å²) in [6.45, 7) is -0.512. The van der Waals surface area contributed by atoms with Gasteiger partial charge in [-0.15, -0.1) is 5.23 Å². The summed E-state index contributed by atoms with van der Waals surface area (Å²) in [6, 6.07) is 3.25. The molecule has 1 aromatic rings. The van der Waals surface area contributed by atoms with Crippen molar-refractivity contribution in [3.05, 3.63) is 23.8 Å². The number of hydrogen-bond donors (Lipinski definition) is 6. The molecule has 1 fully saturated rings. The highest BCUT2D eigenvalue weighted by atomic mass is 16.8. The molecule has 0 aliphatic carbocycles. The van der Waals surface area contributed by atoms with Crippen molar-refractivity contribution in [3.63, 3.8) is 0 Å². The van der Waals surface area contributed by atoms with Gasteiger partial charge in [0.15, 0.2) is 6.23 Å². The molecular weight excluding hydrogens is 300 g/mol. The molecule has 122 valence electrons. The van der Waals surface area contributed by atoms with Gasteiger partial charge in [0.05, 0.1) is 18.3 Å². The van der Waals surface area contributed by atoms with Crippen LogP contribution in [-0.2, 0) is 4.74 Å². The van der Waals surface area contributed by atoms with E-state index in [1.54, 1.807) is 0 Å². The third kappa shape index (κ3) is 3.27. The molecule has 4 atom stereocenters. The minimum Gasteiger partial charge on any atom is -0.545 e. The number of carbonyl (C=O) groups is 1. The number of nitrogens with zero attached hydrogens (tertiary/aromatic N) is 1. The van der Waals surface area contributed by atoms with Crippen LogP contribution in [0.15, 0.2) is 18.2 Å². The van der Waals surface area contributed by atoms with E-state index >= 15 is 0 Å². The molecule has 2 rings (SSSR count). The zero-order valence-electron chi connectivity index (χ0n) is 11.2. The molecule has 1 aliphatic heterocycles. The molecule has 1 aliphatic rings. The van der Waals surface area contributed by atoms with E-state index in [1.807, 2.05) is 0 Å². The van der Waals surface area contributed by atoms with E-state index in [0.717, 1.165) is 12.1 Å². The SMILES string of the molecule is O=C([O-])c1cc(N[C@H]2O[C@@H](CO)[C@@H](O)[C@H]2O)cc(N(O)O)c1. The van der Waals surface area contributed by atoms with Crippen LogP contribution in [0.3, 0.4) is 0 Å². The van der Waals surface area contributed by atoms with Crippen LogP contribution in [-0.4, -0.2) is 62.9 Å². The summed E-state index contributed by atoms with van der Waals surface area (Å²) >= 11 is 0. The highest BCUT2D eigenvalue weighted by Crippen LogP contribution is 2.26. The second-order valence-corrected chi connectivity index (χ2v) is 4.75. The van der Waals surface area contributed by atoms with E-state index in [0.29, 0.717) is 0 Å². The van der Waals surface area contributed by atoms with Gasteiger partial charge in [0, 0.05) is 11.3 Å². The van der Waals surface area contributed by atoms with Crippen LogP contribution in [0.5, 0.6) is 0 Å². The molecule has 1 aromatic carbocycles. The Kier molecular flexibility index (Phi) is 4.81. The first-order valence-electron chi connectivity index (χ1n) is 6.26. The Balaban J connectivity index is 2.24. The summed E-state index contributed by atoms with van der Waals surface area (Å²) < 4.78 is 5.18. The molecule has 0 unspecified atom stereocenters. The number of rotatable bonds is 5. The lowest BCUT2D eigenvalue weighted by atomic mass is 10.1. The molecule has 6 N–H and O–H groups in total. The number of nitrogens with one attached hydrogen (secondary N) is 1. The smallest absolute Gasteiger partial charge is 0.157 e. The van der Waals surface area contributed by atoms with Crippen molar-refractivity contribution in [1.82, 2.24) is 0 Å². The predicted octanol–water partition coefficient (Wildman–Crippen LogP) is -2.51. The standard InChI is InChI=1S/C12H16N2O8/c15-4-8-9(16)10(17)11(22-8)13-6-1-5(12(18)19)2-7(3-6)14(20)21/h1-3,8-11,13,15-17,20-21H,4H2,(H,18,19)/p-1/t8-,9+,10+,11-/m0/s1. The van der Waals surface area contributed by atoms with E-state index < -0.39 is 37.1 Å². The highest BCUT2D eigenvalue weighted by molar-refractivity contribution is 5.88. The summed E-state index contributed by atoms with van der Waals surface area (Å²) in [6.07, 6.45) is -4.81. The maximum Gasteiger partial charge on any atom is 0.157 e. The molecule has 10 heteroatoms. The van der Waals surface area contributed by atoms with Gasteiger partial charge < -0.3 is 35.3 Å². The van der Waals surface area contributed by atoms with Gasteiger partial charge in [-0.2, -0.15) is 0 Å². The Hall–Kier alpha value is -1.95. The molecule has 0 radical (unpaired) electrons. The fourth-order valence-electron chi connectivity index (χ4n) is 2.11. The maximum atomic E-state index is 10.9. The fourth-order valence-corrected chi connectivity index (χ4v) is 2.11. The van der Waals surface area contributed by atoms with Crippen molar-refractivity contribution in [2.24, 2.45) is 0 Å². The van der Waals surface area contributed by atoms with Crippen LogP contribution >= 0.6 is 0 Å². The fraction of sp³-hybridized carbons (Fsp3) is 0.417. The largest absolute Gasteiger partial charge is 0.545 e. The lowest BCUT2D eigenvalue weighted by molar-refractivity contribution is -0.255. The third-order valence-electron chi connectivity index (χ3n) is 3.24. The van der Waals surface area contributed by atoms with E-state index in [4.69, 9.17) is 20.3 Å². The van der Waals surface area contributed by atoms with Gasteiger partial charge in [-0.05, 0) is 18.2 Å². The lowest BCUT2D eigenvalue weighted by Gasteiger charge is -2.20. The molecule has 0 saturated carbocycles. The number of carboxylic acids is 1.